The average molecular weight is 307 g/mol. The van der Waals surface area contributed by atoms with Crippen molar-refractivity contribution in [2.75, 3.05) is 0 Å². The highest BCUT2D eigenvalue weighted by Gasteiger charge is 2.18. The van der Waals surface area contributed by atoms with E-state index in [0.717, 1.165) is 5.56 Å². The topological polar surface area (TPSA) is 29.5 Å². The second-order valence-corrected chi connectivity index (χ2v) is 4.79. The number of hydrogen-bond acceptors (Lipinski definition) is 2. The van der Waals surface area contributed by atoms with E-state index in [0.29, 0.717) is 17.1 Å². The lowest BCUT2D eigenvalue weighted by Gasteiger charge is -2.09. The van der Waals surface area contributed by atoms with Crippen molar-refractivity contribution in [3.63, 3.8) is 0 Å². The van der Waals surface area contributed by atoms with E-state index >= 15 is 0 Å². The Bertz CT molecular complexity index is 665. The Labute approximate surface area is 111 Å². The number of ether oxygens (including phenoxy) is 1. The minimum atomic E-state index is -0.430. The van der Waals surface area contributed by atoms with Crippen molar-refractivity contribution in [3.05, 3.63) is 57.8 Å². The molecule has 0 radical (unpaired) electrons. The number of fused-ring (bicyclic) bond motifs is 2. The molecule has 18 heavy (non-hydrogen) atoms. The van der Waals surface area contributed by atoms with Gasteiger partial charge in [-0.15, -0.1) is 0 Å². The zero-order valence-electron chi connectivity index (χ0n) is 9.15. The van der Waals surface area contributed by atoms with Gasteiger partial charge in [0.25, 0.3) is 0 Å². The number of hydrogen-bond donors (Lipinski definition) is 1. The maximum absolute atomic E-state index is 13.5. The van der Waals surface area contributed by atoms with Crippen molar-refractivity contribution in [1.82, 2.24) is 0 Å². The Kier molecular flexibility index (Phi) is 2.59. The molecule has 0 spiro atoms. The molecule has 4 heteroatoms. The summed E-state index contributed by atoms with van der Waals surface area (Å²) in [6.07, 6.45) is 1.60. The molecule has 90 valence electrons. The molecular formula is C14H8BrFO2. The summed E-state index contributed by atoms with van der Waals surface area (Å²) in [7, 11) is 0. The van der Waals surface area contributed by atoms with Crippen LogP contribution in [0, 0.1) is 5.82 Å². The van der Waals surface area contributed by atoms with Crippen molar-refractivity contribution < 1.29 is 14.2 Å². The van der Waals surface area contributed by atoms with Crippen LogP contribution in [0.3, 0.4) is 0 Å². The SMILES string of the molecule is OC1=Cc2ccccc2Oc2cc(F)c(Br)cc21. The first-order valence-corrected chi connectivity index (χ1v) is 6.11. The van der Waals surface area contributed by atoms with E-state index < -0.39 is 5.82 Å². The predicted molar refractivity (Wildman–Crippen MR) is 71.1 cm³/mol. The lowest BCUT2D eigenvalue weighted by molar-refractivity contribution is 0.466. The van der Waals surface area contributed by atoms with E-state index in [1.54, 1.807) is 12.1 Å². The van der Waals surface area contributed by atoms with Crippen molar-refractivity contribution in [2.45, 2.75) is 0 Å². The average Bonchev–Trinajstić information content (AvgIpc) is 2.47. The molecule has 0 saturated heterocycles. The second-order valence-electron chi connectivity index (χ2n) is 3.93. The van der Waals surface area contributed by atoms with Crippen LogP contribution in [-0.2, 0) is 0 Å². The summed E-state index contributed by atoms with van der Waals surface area (Å²) in [5.74, 6) is 0.510. The summed E-state index contributed by atoms with van der Waals surface area (Å²) < 4.78 is 19.4. The van der Waals surface area contributed by atoms with Gasteiger partial charge in [0.2, 0.25) is 0 Å². The van der Waals surface area contributed by atoms with Crippen LogP contribution >= 0.6 is 15.9 Å². The highest BCUT2D eigenvalue weighted by Crippen LogP contribution is 2.38. The zero-order chi connectivity index (χ0) is 12.7. The van der Waals surface area contributed by atoms with Crippen LogP contribution in [0.5, 0.6) is 11.5 Å². The molecule has 1 N–H and O–H groups in total. The van der Waals surface area contributed by atoms with Gasteiger partial charge >= 0.3 is 0 Å². The highest BCUT2D eigenvalue weighted by atomic mass is 79.9. The van der Waals surface area contributed by atoms with Gasteiger partial charge in [0.05, 0.1) is 10.0 Å². The van der Waals surface area contributed by atoms with Gasteiger partial charge in [0.1, 0.15) is 23.1 Å². The first kappa shape index (κ1) is 11.3. The summed E-state index contributed by atoms with van der Waals surface area (Å²) in [4.78, 5) is 0. The molecule has 0 bridgehead atoms. The van der Waals surface area contributed by atoms with Crippen LogP contribution in [0.15, 0.2) is 40.9 Å². The molecule has 3 rings (SSSR count). The molecule has 0 unspecified atom stereocenters. The fraction of sp³-hybridized carbons (Fsp3) is 0. The summed E-state index contributed by atoms with van der Waals surface area (Å²) >= 11 is 3.09. The molecule has 0 fully saturated rings. The van der Waals surface area contributed by atoms with Crippen molar-refractivity contribution in [3.8, 4) is 11.5 Å². The standard InChI is InChI=1S/C14H8BrFO2/c15-10-6-9-12(17)5-8-3-1-2-4-13(8)18-14(9)7-11(10)16/h1-7,17H. The molecule has 0 aliphatic carbocycles. The summed E-state index contributed by atoms with van der Waals surface area (Å²) in [6, 6.07) is 10.0. The molecular weight excluding hydrogens is 299 g/mol. The van der Waals surface area contributed by atoms with E-state index in [-0.39, 0.29) is 10.2 Å². The molecule has 2 nitrogen and oxygen atoms in total. The van der Waals surface area contributed by atoms with E-state index in [1.165, 1.54) is 12.1 Å². The van der Waals surface area contributed by atoms with E-state index in [9.17, 15) is 9.50 Å². The Morgan fingerprint density at radius 2 is 1.89 bits per heavy atom. The van der Waals surface area contributed by atoms with Gasteiger partial charge in [-0.2, -0.15) is 0 Å². The Balaban J connectivity index is 2.26. The molecule has 2 aromatic carbocycles. The number of aliphatic hydroxyl groups is 1. The van der Waals surface area contributed by atoms with Crippen LogP contribution < -0.4 is 4.74 Å². The Hall–Kier alpha value is -1.81. The third-order valence-corrected chi connectivity index (χ3v) is 3.34. The van der Waals surface area contributed by atoms with Crippen LogP contribution in [0.25, 0.3) is 11.8 Å². The number of aliphatic hydroxyl groups excluding tert-OH is 1. The first-order chi connectivity index (χ1) is 8.65. The molecule has 1 heterocycles. The minimum Gasteiger partial charge on any atom is -0.507 e. The molecule has 0 amide bonds. The number of halogens is 2. The lowest BCUT2D eigenvalue weighted by Crippen LogP contribution is -1.91. The van der Waals surface area contributed by atoms with Crippen LogP contribution in [0.4, 0.5) is 4.39 Å². The van der Waals surface area contributed by atoms with Crippen molar-refractivity contribution >= 4 is 27.8 Å². The maximum Gasteiger partial charge on any atom is 0.141 e. The monoisotopic (exact) mass is 306 g/mol. The molecule has 1 aliphatic rings. The lowest BCUT2D eigenvalue weighted by atomic mass is 10.1. The maximum atomic E-state index is 13.5. The van der Waals surface area contributed by atoms with Crippen LogP contribution in [0.1, 0.15) is 11.1 Å². The summed E-state index contributed by atoms with van der Waals surface area (Å²) in [5.41, 5.74) is 1.21. The van der Waals surface area contributed by atoms with Gasteiger partial charge in [-0.3, -0.25) is 0 Å². The van der Waals surface area contributed by atoms with Crippen LogP contribution in [-0.4, -0.2) is 5.11 Å². The predicted octanol–water partition coefficient (Wildman–Crippen LogP) is 4.75. The third-order valence-electron chi connectivity index (χ3n) is 2.73. The van der Waals surface area contributed by atoms with Gasteiger partial charge in [0.15, 0.2) is 0 Å². The first-order valence-electron chi connectivity index (χ1n) is 5.32. The Morgan fingerprint density at radius 3 is 2.72 bits per heavy atom. The van der Waals surface area contributed by atoms with Gasteiger partial charge in [-0.05, 0) is 34.1 Å². The summed E-state index contributed by atoms with van der Waals surface area (Å²) in [5, 5.41) is 10.0. The number of benzene rings is 2. The van der Waals surface area contributed by atoms with Gasteiger partial charge < -0.3 is 9.84 Å². The quantitative estimate of drug-likeness (QED) is 0.761. The van der Waals surface area contributed by atoms with Crippen LogP contribution in [0.2, 0.25) is 0 Å². The zero-order valence-corrected chi connectivity index (χ0v) is 10.7. The molecule has 2 aromatic rings. The van der Waals surface area contributed by atoms with E-state index in [1.807, 2.05) is 18.2 Å². The molecule has 0 atom stereocenters. The smallest absolute Gasteiger partial charge is 0.141 e. The molecule has 0 saturated carbocycles. The summed E-state index contributed by atoms with van der Waals surface area (Å²) in [6.45, 7) is 0. The van der Waals surface area contributed by atoms with Crippen molar-refractivity contribution in [1.29, 1.82) is 0 Å². The number of rotatable bonds is 0. The fourth-order valence-electron chi connectivity index (χ4n) is 1.85. The molecule has 0 aromatic heterocycles. The minimum absolute atomic E-state index is 0.0515. The largest absolute Gasteiger partial charge is 0.507 e. The van der Waals surface area contributed by atoms with Crippen molar-refractivity contribution in [2.24, 2.45) is 0 Å². The second kappa shape index (κ2) is 4.14. The van der Waals surface area contributed by atoms with Gasteiger partial charge in [-0.1, -0.05) is 18.2 Å². The Morgan fingerprint density at radius 1 is 1.11 bits per heavy atom. The van der Waals surface area contributed by atoms with E-state index in [4.69, 9.17) is 4.74 Å². The highest BCUT2D eigenvalue weighted by molar-refractivity contribution is 9.10. The normalized spacial score (nSPS) is 12.9. The van der Waals surface area contributed by atoms with E-state index in [2.05, 4.69) is 15.9 Å². The fourth-order valence-corrected chi connectivity index (χ4v) is 2.19. The van der Waals surface area contributed by atoms with Gasteiger partial charge in [-0.25, -0.2) is 4.39 Å². The third kappa shape index (κ3) is 1.78. The number of para-hydroxylation sites is 1. The molecule has 1 aliphatic heterocycles. The van der Waals surface area contributed by atoms with Gasteiger partial charge in [0, 0.05) is 11.6 Å².